The lowest BCUT2D eigenvalue weighted by Gasteiger charge is -2.13. The van der Waals surface area contributed by atoms with Gasteiger partial charge in [-0.25, -0.2) is 0 Å². The molecule has 0 saturated carbocycles. The maximum absolute atomic E-state index is 13.0. The van der Waals surface area contributed by atoms with Crippen LogP contribution in [0.1, 0.15) is 26.3 Å². The van der Waals surface area contributed by atoms with Crippen LogP contribution in [0.3, 0.4) is 0 Å². The van der Waals surface area contributed by atoms with Crippen LogP contribution in [0.25, 0.3) is 0 Å². The zero-order valence-corrected chi connectivity index (χ0v) is 19.3. The number of carbonyl (C=O) groups is 2. The molecule has 6 nitrogen and oxygen atoms in total. The van der Waals surface area contributed by atoms with Crippen LogP contribution in [0.2, 0.25) is 10.0 Å². The monoisotopic (exact) mass is 491 g/mol. The van der Waals surface area contributed by atoms with E-state index in [2.05, 4.69) is 10.6 Å². The number of carbonyl (C=O) groups excluding carboxylic acids is 2. The maximum atomic E-state index is 13.0. The number of benzene rings is 3. The zero-order valence-electron chi connectivity index (χ0n) is 17.8. The third kappa shape index (κ3) is 5.54. The van der Waals surface area contributed by atoms with Gasteiger partial charge in [0.2, 0.25) is 0 Å². The van der Waals surface area contributed by atoms with E-state index >= 15 is 0 Å². The van der Waals surface area contributed by atoms with E-state index in [0.29, 0.717) is 27.0 Å². The van der Waals surface area contributed by atoms with E-state index in [4.69, 9.17) is 23.2 Å². The van der Waals surface area contributed by atoms with E-state index in [-0.39, 0.29) is 23.6 Å². The van der Waals surface area contributed by atoms with Crippen LogP contribution in [0, 0.1) is 0 Å². The Morgan fingerprint density at radius 1 is 0.706 bits per heavy atom. The molecule has 0 spiro atoms. The largest absolute Gasteiger partial charge is 0.320 e. The Balaban J connectivity index is 1.53. The van der Waals surface area contributed by atoms with E-state index in [1.54, 1.807) is 54.6 Å². The lowest BCUT2D eigenvalue weighted by molar-refractivity contribution is 0.101. The molecule has 1 heterocycles. The first kappa shape index (κ1) is 23.3. The second-order valence-corrected chi connectivity index (χ2v) is 8.28. The molecule has 0 unspecified atom stereocenters. The molecular weight excluding hydrogens is 473 g/mol. The van der Waals surface area contributed by atoms with Crippen LogP contribution in [-0.2, 0) is 6.54 Å². The SMILES string of the molecule is O=C(Nc1ccccc1NC(=O)c1ccc(=O)n(Cc2ccccc2Cl)c1)c1ccc(Cl)cc1. The van der Waals surface area contributed by atoms with Gasteiger partial charge < -0.3 is 15.2 Å². The molecule has 0 bridgehead atoms. The van der Waals surface area contributed by atoms with Crippen molar-refractivity contribution in [1.82, 2.24) is 4.57 Å². The number of pyridine rings is 1. The number of nitrogens with one attached hydrogen (secondary N) is 2. The summed E-state index contributed by atoms with van der Waals surface area (Å²) in [5, 5.41) is 6.66. The van der Waals surface area contributed by atoms with Crippen molar-refractivity contribution in [3.8, 4) is 0 Å². The van der Waals surface area contributed by atoms with Crippen LogP contribution < -0.4 is 16.2 Å². The molecule has 0 atom stereocenters. The minimum atomic E-state index is -0.430. The molecule has 3 aromatic carbocycles. The lowest BCUT2D eigenvalue weighted by atomic mass is 10.2. The first-order valence-electron chi connectivity index (χ1n) is 10.3. The predicted octanol–water partition coefficient (Wildman–Crippen LogP) is 5.71. The third-order valence-corrected chi connectivity index (χ3v) is 5.69. The number of hydrogen-bond acceptors (Lipinski definition) is 3. The number of nitrogens with zero attached hydrogens (tertiary/aromatic N) is 1. The van der Waals surface area contributed by atoms with E-state index in [9.17, 15) is 14.4 Å². The highest BCUT2D eigenvalue weighted by atomic mass is 35.5. The molecule has 8 heteroatoms. The quantitative estimate of drug-likeness (QED) is 0.362. The average Bonchev–Trinajstić information content (AvgIpc) is 2.83. The number of amides is 2. The van der Waals surface area contributed by atoms with E-state index in [0.717, 1.165) is 5.56 Å². The summed E-state index contributed by atoms with van der Waals surface area (Å²) >= 11 is 12.1. The number of anilines is 2. The van der Waals surface area contributed by atoms with E-state index < -0.39 is 5.91 Å². The van der Waals surface area contributed by atoms with Gasteiger partial charge in [-0.05, 0) is 54.1 Å². The normalized spacial score (nSPS) is 10.5. The summed E-state index contributed by atoms with van der Waals surface area (Å²) in [6.07, 6.45) is 1.48. The molecule has 170 valence electrons. The van der Waals surface area contributed by atoms with Crippen molar-refractivity contribution in [2.75, 3.05) is 10.6 Å². The molecular formula is C26H19Cl2N3O3. The lowest BCUT2D eigenvalue weighted by Crippen LogP contribution is -2.23. The fraction of sp³-hybridized carbons (Fsp3) is 0.0385. The van der Waals surface area contributed by atoms with Crippen LogP contribution in [0.15, 0.2) is 95.9 Å². The van der Waals surface area contributed by atoms with Crippen molar-refractivity contribution < 1.29 is 9.59 Å². The summed E-state index contributed by atoms with van der Waals surface area (Å²) in [5.74, 6) is -0.771. The van der Waals surface area contributed by atoms with Crippen molar-refractivity contribution in [1.29, 1.82) is 0 Å². The van der Waals surface area contributed by atoms with Crippen molar-refractivity contribution in [3.05, 3.63) is 128 Å². The number of para-hydroxylation sites is 2. The summed E-state index contributed by atoms with van der Waals surface area (Å²) < 4.78 is 1.42. The van der Waals surface area contributed by atoms with Gasteiger partial charge in [0, 0.05) is 27.9 Å². The second-order valence-electron chi connectivity index (χ2n) is 7.44. The molecule has 4 rings (SSSR count). The van der Waals surface area contributed by atoms with Crippen LogP contribution in [0.5, 0.6) is 0 Å². The minimum absolute atomic E-state index is 0.230. The Bertz CT molecular complexity index is 1420. The summed E-state index contributed by atoms with van der Waals surface area (Å²) in [5.41, 5.74) is 2.06. The summed E-state index contributed by atoms with van der Waals surface area (Å²) in [6, 6.07) is 23.3. The van der Waals surface area contributed by atoms with Crippen molar-refractivity contribution in [2.24, 2.45) is 0 Å². The molecule has 0 saturated heterocycles. The first-order chi connectivity index (χ1) is 16.4. The van der Waals surface area contributed by atoms with Gasteiger partial charge in [-0.1, -0.05) is 53.5 Å². The van der Waals surface area contributed by atoms with Crippen LogP contribution in [-0.4, -0.2) is 16.4 Å². The number of halogens is 2. The third-order valence-electron chi connectivity index (χ3n) is 5.07. The van der Waals surface area contributed by atoms with Gasteiger partial charge in [-0.15, -0.1) is 0 Å². The highest BCUT2D eigenvalue weighted by Gasteiger charge is 2.13. The van der Waals surface area contributed by atoms with E-state index in [1.165, 1.54) is 22.9 Å². The molecule has 0 aliphatic rings. The Morgan fingerprint density at radius 2 is 1.26 bits per heavy atom. The Hall–Kier alpha value is -3.87. The highest BCUT2D eigenvalue weighted by molar-refractivity contribution is 6.31. The minimum Gasteiger partial charge on any atom is -0.320 e. The zero-order chi connectivity index (χ0) is 24.1. The predicted molar refractivity (Wildman–Crippen MR) is 135 cm³/mol. The van der Waals surface area contributed by atoms with Gasteiger partial charge >= 0.3 is 0 Å². The number of rotatable bonds is 6. The van der Waals surface area contributed by atoms with E-state index in [1.807, 2.05) is 18.2 Å². The fourth-order valence-corrected chi connectivity index (χ4v) is 3.61. The van der Waals surface area contributed by atoms with Crippen LogP contribution >= 0.6 is 23.2 Å². The highest BCUT2D eigenvalue weighted by Crippen LogP contribution is 2.23. The topological polar surface area (TPSA) is 80.2 Å². The van der Waals surface area contributed by atoms with Gasteiger partial charge in [-0.3, -0.25) is 14.4 Å². The fourth-order valence-electron chi connectivity index (χ4n) is 3.29. The standard InChI is InChI=1S/C26H19Cl2N3O3/c27-20-12-9-17(10-13-20)25(33)29-22-7-3-4-8-23(22)30-26(34)19-11-14-24(32)31(16-19)15-18-5-1-2-6-21(18)28/h1-14,16H,15H2,(H,29,33)(H,30,34). The van der Waals surface area contributed by atoms with Crippen molar-refractivity contribution >= 4 is 46.4 Å². The van der Waals surface area contributed by atoms with Gasteiger partial charge in [-0.2, -0.15) is 0 Å². The molecule has 1 aromatic heterocycles. The molecule has 2 N–H and O–H groups in total. The summed E-state index contributed by atoms with van der Waals surface area (Å²) in [7, 11) is 0. The maximum Gasteiger partial charge on any atom is 0.257 e. The van der Waals surface area contributed by atoms with Gasteiger partial charge in [0.15, 0.2) is 0 Å². The molecule has 2 amide bonds. The van der Waals surface area contributed by atoms with Gasteiger partial charge in [0.1, 0.15) is 0 Å². The summed E-state index contributed by atoms with van der Waals surface area (Å²) in [4.78, 5) is 37.9. The summed E-state index contributed by atoms with van der Waals surface area (Å²) in [6.45, 7) is 0.230. The Kier molecular flexibility index (Phi) is 7.11. The van der Waals surface area contributed by atoms with Crippen molar-refractivity contribution in [2.45, 2.75) is 6.54 Å². The first-order valence-corrected chi connectivity index (χ1v) is 11.1. The van der Waals surface area contributed by atoms with Gasteiger partial charge in [0.25, 0.3) is 17.4 Å². The Labute approximate surface area is 205 Å². The molecule has 34 heavy (non-hydrogen) atoms. The smallest absolute Gasteiger partial charge is 0.257 e. The molecule has 0 fully saturated rings. The molecule has 0 aliphatic heterocycles. The van der Waals surface area contributed by atoms with Crippen molar-refractivity contribution in [3.63, 3.8) is 0 Å². The molecule has 0 aliphatic carbocycles. The number of aromatic nitrogens is 1. The molecule has 4 aromatic rings. The average molecular weight is 492 g/mol. The van der Waals surface area contributed by atoms with Crippen LogP contribution in [0.4, 0.5) is 11.4 Å². The second kappa shape index (κ2) is 10.4. The number of hydrogen-bond donors (Lipinski definition) is 2. The van der Waals surface area contributed by atoms with Gasteiger partial charge in [0.05, 0.1) is 23.5 Å². The Morgan fingerprint density at radius 3 is 1.91 bits per heavy atom. The molecule has 0 radical (unpaired) electrons.